The summed E-state index contributed by atoms with van der Waals surface area (Å²) in [5.74, 6) is 3.07. The van der Waals surface area contributed by atoms with Crippen molar-refractivity contribution in [2.75, 3.05) is 14.2 Å². The fourth-order valence-electron chi connectivity index (χ4n) is 2.95. The molecule has 30 heavy (non-hydrogen) atoms. The number of hydrogen-bond acceptors (Lipinski definition) is 4. The van der Waals surface area contributed by atoms with Crippen LogP contribution in [0.2, 0.25) is 0 Å². The summed E-state index contributed by atoms with van der Waals surface area (Å²) in [5.41, 5.74) is 2.93. The SMILES string of the molecule is COc1ccc(-n2ccc(C=Nc3ccc(Oc4cccc(OC)c4)cc3)c2)cc1. The Kier molecular flexibility index (Phi) is 5.80. The molecular weight excluding hydrogens is 376 g/mol. The Morgan fingerprint density at radius 2 is 1.43 bits per heavy atom. The molecule has 5 heteroatoms. The summed E-state index contributed by atoms with van der Waals surface area (Å²) in [6.07, 6.45) is 5.89. The molecule has 4 rings (SSSR count). The maximum Gasteiger partial charge on any atom is 0.131 e. The highest BCUT2D eigenvalue weighted by Gasteiger charge is 2.01. The molecule has 3 aromatic carbocycles. The van der Waals surface area contributed by atoms with Crippen molar-refractivity contribution in [3.8, 4) is 28.7 Å². The van der Waals surface area contributed by atoms with Crippen LogP contribution >= 0.6 is 0 Å². The van der Waals surface area contributed by atoms with Gasteiger partial charge in [0.15, 0.2) is 0 Å². The zero-order valence-electron chi connectivity index (χ0n) is 16.9. The van der Waals surface area contributed by atoms with Gasteiger partial charge < -0.3 is 18.8 Å². The van der Waals surface area contributed by atoms with Crippen LogP contribution in [0.3, 0.4) is 0 Å². The quantitative estimate of drug-likeness (QED) is 0.357. The number of aliphatic imine (C=N–C) groups is 1. The van der Waals surface area contributed by atoms with Crippen molar-refractivity contribution >= 4 is 11.9 Å². The third-order valence-electron chi connectivity index (χ3n) is 4.56. The molecule has 0 amide bonds. The van der Waals surface area contributed by atoms with Crippen LogP contribution in [0.25, 0.3) is 5.69 Å². The van der Waals surface area contributed by atoms with Gasteiger partial charge in [0.25, 0.3) is 0 Å². The van der Waals surface area contributed by atoms with E-state index in [0.717, 1.165) is 39.9 Å². The molecule has 1 aromatic heterocycles. The Balaban J connectivity index is 1.41. The first-order valence-electron chi connectivity index (χ1n) is 9.52. The second-order valence-electron chi connectivity index (χ2n) is 6.58. The minimum atomic E-state index is 0.727. The van der Waals surface area contributed by atoms with Gasteiger partial charge in [-0.15, -0.1) is 0 Å². The van der Waals surface area contributed by atoms with Crippen LogP contribution in [0.1, 0.15) is 5.56 Å². The van der Waals surface area contributed by atoms with E-state index in [1.807, 2.05) is 102 Å². The predicted molar refractivity (Wildman–Crippen MR) is 119 cm³/mol. The summed E-state index contributed by atoms with van der Waals surface area (Å²) in [5, 5.41) is 0. The van der Waals surface area contributed by atoms with Gasteiger partial charge in [-0.05, 0) is 66.7 Å². The minimum absolute atomic E-state index is 0.727. The van der Waals surface area contributed by atoms with E-state index in [2.05, 4.69) is 4.99 Å². The van der Waals surface area contributed by atoms with Crippen molar-refractivity contribution in [1.29, 1.82) is 0 Å². The lowest BCUT2D eigenvalue weighted by Gasteiger charge is -2.07. The van der Waals surface area contributed by atoms with Crippen molar-refractivity contribution < 1.29 is 14.2 Å². The van der Waals surface area contributed by atoms with Crippen LogP contribution in [0.5, 0.6) is 23.0 Å². The van der Waals surface area contributed by atoms with Gasteiger partial charge in [0, 0.05) is 35.9 Å². The second-order valence-corrected chi connectivity index (χ2v) is 6.58. The summed E-state index contributed by atoms with van der Waals surface area (Å²) in [6.45, 7) is 0. The van der Waals surface area contributed by atoms with Crippen LogP contribution in [-0.2, 0) is 0 Å². The largest absolute Gasteiger partial charge is 0.497 e. The van der Waals surface area contributed by atoms with Crippen LogP contribution in [0.15, 0.2) is 96.2 Å². The second kappa shape index (κ2) is 9.01. The summed E-state index contributed by atoms with van der Waals surface area (Å²) in [6, 6.07) is 25.1. The summed E-state index contributed by atoms with van der Waals surface area (Å²) in [7, 11) is 3.30. The number of benzene rings is 3. The molecule has 0 saturated carbocycles. The summed E-state index contributed by atoms with van der Waals surface area (Å²) in [4.78, 5) is 4.55. The van der Waals surface area contributed by atoms with Crippen LogP contribution < -0.4 is 14.2 Å². The van der Waals surface area contributed by atoms with Gasteiger partial charge in [-0.2, -0.15) is 0 Å². The monoisotopic (exact) mass is 398 g/mol. The normalized spacial score (nSPS) is 10.9. The highest BCUT2D eigenvalue weighted by Crippen LogP contribution is 2.26. The van der Waals surface area contributed by atoms with Crippen molar-refractivity contribution in [3.05, 3.63) is 96.8 Å². The molecule has 0 fully saturated rings. The maximum atomic E-state index is 5.86. The third-order valence-corrected chi connectivity index (χ3v) is 4.56. The Labute approximate surface area is 175 Å². The molecule has 0 aliphatic heterocycles. The molecule has 0 saturated heterocycles. The topological polar surface area (TPSA) is 45.0 Å². The van der Waals surface area contributed by atoms with Gasteiger partial charge >= 0.3 is 0 Å². The van der Waals surface area contributed by atoms with Gasteiger partial charge in [0.05, 0.1) is 19.9 Å². The van der Waals surface area contributed by atoms with Gasteiger partial charge in [-0.1, -0.05) is 6.07 Å². The fourth-order valence-corrected chi connectivity index (χ4v) is 2.95. The van der Waals surface area contributed by atoms with Gasteiger partial charge in [-0.3, -0.25) is 4.99 Å². The molecule has 150 valence electrons. The molecule has 0 aliphatic rings. The Hall–Kier alpha value is -3.99. The highest BCUT2D eigenvalue weighted by atomic mass is 16.5. The number of hydrogen-bond donors (Lipinski definition) is 0. The standard InChI is InChI=1S/C25H22N2O3/c1-28-22-12-8-21(9-13-22)27-15-14-19(18-27)17-26-20-6-10-23(11-7-20)30-25-5-3-4-24(16-25)29-2/h3-18H,1-2H3. The average Bonchev–Trinajstić information content (AvgIpc) is 3.28. The first-order valence-corrected chi connectivity index (χ1v) is 9.52. The maximum absolute atomic E-state index is 5.86. The molecule has 4 aromatic rings. The van der Waals surface area contributed by atoms with Crippen LogP contribution in [-0.4, -0.2) is 25.0 Å². The molecular formula is C25H22N2O3. The Morgan fingerprint density at radius 3 is 2.17 bits per heavy atom. The van der Waals surface area contributed by atoms with E-state index < -0.39 is 0 Å². The lowest BCUT2D eigenvalue weighted by molar-refractivity contribution is 0.409. The summed E-state index contributed by atoms with van der Waals surface area (Å²) < 4.78 is 18.3. The van der Waals surface area contributed by atoms with Gasteiger partial charge in [-0.25, -0.2) is 0 Å². The van der Waals surface area contributed by atoms with E-state index in [4.69, 9.17) is 14.2 Å². The van der Waals surface area contributed by atoms with E-state index in [0.29, 0.717) is 0 Å². The number of aromatic nitrogens is 1. The smallest absolute Gasteiger partial charge is 0.131 e. The van der Waals surface area contributed by atoms with E-state index in [1.54, 1.807) is 14.2 Å². The van der Waals surface area contributed by atoms with E-state index >= 15 is 0 Å². The number of rotatable bonds is 7. The molecule has 0 spiro atoms. The minimum Gasteiger partial charge on any atom is -0.497 e. The molecule has 0 unspecified atom stereocenters. The summed E-state index contributed by atoms with van der Waals surface area (Å²) >= 11 is 0. The predicted octanol–water partition coefficient (Wildman–Crippen LogP) is 6.04. The highest BCUT2D eigenvalue weighted by molar-refractivity contribution is 5.81. The molecule has 0 bridgehead atoms. The lowest BCUT2D eigenvalue weighted by Crippen LogP contribution is -1.90. The van der Waals surface area contributed by atoms with Gasteiger partial charge in [0.1, 0.15) is 23.0 Å². The van der Waals surface area contributed by atoms with E-state index in [1.165, 1.54) is 0 Å². The molecule has 0 radical (unpaired) electrons. The van der Waals surface area contributed by atoms with Crippen LogP contribution in [0.4, 0.5) is 5.69 Å². The Bertz CT molecular complexity index is 1130. The zero-order valence-corrected chi connectivity index (χ0v) is 16.9. The van der Waals surface area contributed by atoms with Gasteiger partial charge in [0.2, 0.25) is 0 Å². The lowest BCUT2D eigenvalue weighted by atomic mass is 10.3. The van der Waals surface area contributed by atoms with E-state index in [9.17, 15) is 0 Å². The molecule has 5 nitrogen and oxygen atoms in total. The molecule has 1 heterocycles. The number of methoxy groups -OCH3 is 2. The van der Waals surface area contributed by atoms with Crippen molar-refractivity contribution in [3.63, 3.8) is 0 Å². The van der Waals surface area contributed by atoms with E-state index in [-0.39, 0.29) is 0 Å². The molecule has 0 aliphatic carbocycles. The molecule has 0 N–H and O–H groups in total. The zero-order chi connectivity index (χ0) is 20.8. The fraction of sp³-hybridized carbons (Fsp3) is 0.0800. The molecule has 0 atom stereocenters. The van der Waals surface area contributed by atoms with Crippen molar-refractivity contribution in [2.45, 2.75) is 0 Å². The van der Waals surface area contributed by atoms with Crippen molar-refractivity contribution in [2.24, 2.45) is 4.99 Å². The van der Waals surface area contributed by atoms with Crippen molar-refractivity contribution in [1.82, 2.24) is 4.57 Å². The third kappa shape index (κ3) is 4.70. The Morgan fingerprint density at radius 1 is 0.733 bits per heavy atom. The van der Waals surface area contributed by atoms with Crippen LogP contribution in [0, 0.1) is 0 Å². The first-order chi connectivity index (χ1) is 14.7. The number of ether oxygens (including phenoxy) is 3. The number of nitrogens with zero attached hydrogens (tertiary/aromatic N) is 2. The average molecular weight is 398 g/mol. The first kappa shape index (κ1) is 19.3.